The van der Waals surface area contributed by atoms with E-state index in [1.165, 1.54) is 0 Å². The van der Waals surface area contributed by atoms with Gasteiger partial charge in [-0.25, -0.2) is 4.98 Å². The maximum Gasteiger partial charge on any atom is 0.251 e. The molecule has 3 rings (SSSR count). The number of pyridine rings is 2. The Labute approximate surface area is 121 Å². The molecule has 4 nitrogen and oxygen atoms in total. The normalized spacial score (nSPS) is 14.3. The molecule has 1 amide bonds. The maximum atomic E-state index is 12.3. The van der Waals surface area contributed by atoms with Crippen LogP contribution in [0.5, 0.6) is 0 Å². The topological polar surface area (TPSA) is 46.1 Å². The fourth-order valence-electron chi connectivity index (χ4n) is 2.01. The summed E-state index contributed by atoms with van der Waals surface area (Å²) < 4.78 is 0. The molecule has 1 aliphatic rings. The summed E-state index contributed by atoms with van der Waals surface area (Å²) >= 11 is 1.69. The Morgan fingerprint density at radius 3 is 3.05 bits per heavy atom. The smallest absolute Gasteiger partial charge is 0.251 e. The quantitative estimate of drug-likeness (QED) is 0.795. The molecule has 0 saturated heterocycles. The summed E-state index contributed by atoms with van der Waals surface area (Å²) in [6, 6.07) is 7.55. The zero-order valence-electron chi connectivity index (χ0n) is 10.8. The summed E-state index contributed by atoms with van der Waals surface area (Å²) in [4.78, 5) is 22.4. The zero-order valence-corrected chi connectivity index (χ0v) is 11.6. The van der Waals surface area contributed by atoms with Crippen LogP contribution in [0.15, 0.2) is 54.0 Å². The lowest BCUT2D eigenvalue weighted by Crippen LogP contribution is -2.34. The van der Waals surface area contributed by atoms with Gasteiger partial charge in [0.15, 0.2) is 0 Å². The molecular formula is C15H13N3OS. The van der Waals surface area contributed by atoms with Gasteiger partial charge in [0.25, 0.3) is 5.91 Å². The van der Waals surface area contributed by atoms with Crippen molar-refractivity contribution in [2.75, 3.05) is 17.2 Å². The van der Waals surface area contributed by atoms with E-state index in [-0.39, 0.29) is 5.91 Å². The van der Waals surface area contributed by atoms with E-state index in [1.54, 1.807) is 47.4 Å². The molecule has 1 aliphatic heterocycles. The second kappa shape index (κ2) is 5.88. The van der Waals surface area contributed by atoms with Crippen LogP contribution in [0.3, 0.4) is 0 Å². The van der Waals surface area contributed by atoms with E-state index in [2.05, 4.69) is 9.97 Å². The van der Waals surface area contributed by atoms with Crippen LogP contribution in [-0.2, 0) is 4.79 Å². The first-order chi connectivity index (χ1) is 9.84. The van der Waals surface area contributed by atoms with Crippen LogP contribution in [0.2, 0.25) is 0 Å². The van der Waals surface area contributed by atoms with E-state index in [0.29, 0.717) is 6.54 Å². The Balaban J connectivity index is 1.80. The van der Waals surface area contributed by atoms with Crippen LogP contribution in [0.4, 0.5) is 5.69 Å². The van der Waals surface area contributed by atoms with E-state index in [4.69, 9.17) is 0 Å². The molecule has 0 spiro atoms. The van der Waals surface area contributed by atoms with Gasteiger partial charge in [-0.15, -0.1) is 11.8 Å². The lowest BCUT2D eigenvalue weighted by molar-refractivity contribution is -0.114. The molecular weight excluding hydrogens is 270 g/mol. The molecule has 0 saturated carbocycles. The minimum Gasteiger partial charge on any atom is -0.305 e. The van der Waals surface area contributed by atoms with Gasteiger partial charge in [0, 0.05) is 37.0 Å². The molecule has 0 unspecified atom stereocenters. The summed E-state index contributed by atoms with van der Waals surface area (Å²) in [5, 5.41) is 0.918. The van der Waals surface area contributed by atoms with E-state index in [1.807, 2.05) is 24.3 Å². The van der Waals surface area contributed by atoms with Crippen LogP contribution in [-0.4, -0.2) is 28.2 Å². The van der Waals surface area contributed by atoms with Crippen LogP contribution in [0.1, 0.15) is 5.56 Å². The van der Waals surface area contributed by atoms with Gasteiger partial charge >= 0.3 is 0 Å². The first-order valence-electron chi connectivity index (χ1n) is 6.32. The average molecular weight is 283 g/mol. The highest BCUT2D eigenvalue weighted by molar-refractivity contribution is 7.99. The van der Waals surface area contributed by atoms with Crippen molar-refractivity contribution in [3.05, 3.63) is 54.5 Å². The summed E-state index contributed by atoms with van der Waals surface area (Å²) in [5.41, 5.74) is 1.81. The molecule has 0 aromatic carbocycles. The molecule has 0 bridgehead atoms. The number of anilines is 1. The maximum absolute atomic E-state index is 12.3. The van der Waals surface area contributed by atoms with E-state index in [0.717, 1.165) is 22.0 Å². The first-order valence-corrected chi connectivity index (χ1v) is 7.30. The number of amides is 1. The molecule has 5 heteroatoms. The van der Waals surface area contributed by atoms with Gasteiger partial charge in [0.1, 0.15) is 5.03 Å². The van der Waals surface area contributed by atoms with Crippen molar-refractivity contribution in [3.63, 3.8) is 0 Å². The van der Waals surface area contributed by atoms with Crippen molar-refractivity contribution < 1.29 is 4.79 Å². The standard InChI is InChI=1S/C15H13N3OS/c19-14(6-5-12-3-1-7-16-11-12)18-9-10-20-15-13(18)4-2-8-17-15/h1-8,11H,9-10H2/b6-5-. The third-order valence-corrected chi connectivity index (χ3v) is 3.94. The number of carbonyl (C=O) groups is 1. The lowest BCUT2D eigenvalue weighted by atomic mass is 10.2. The molecule has 3 heterocycles. The third-order valence-electron chi connectivity index (χ3n) is 2.96. The number of thioether (sulfide) groups is 1. The Bertz CT molecular complexity index is 643. The highest BCUT2D eigenvalue weighted by atomic mass is 32.2. The van der Waals surface area contributed by atoms with Crippen LogP contribution >= 0.6 is 11.8 Å². The second-order valence-electron chi connectivity index (χ2n) is 4.29. The van der Waals surface area contributed by atoms with E-state index < -0.39 is 0 Å². The minimum absolute atomic E-state index is 0.0246. The number of aromatic nitrogens is 2. The van der Waals surface area contributed by atoms with Crippen molar-refractivity contribution >= 4 is 29.4 Å². The van der Waals surface area contributed by atoms with Gasteiger partial charge in [0.2, 0.25) is 0 Å². The number of hydrogen-bond donors (Lipinski definition) is 0. The molecule has 0 fully saturated rings. The summed E-state index contributed by atoms with van der Waals surface area (Å²) in [7, 11) is 0. The van der Waals surface area contributed by atoms with Crippen LogP contribution < -0.4 is 4.90 Å². The summed E-state index contributed by atoms with van der Waals surface area (Å²) in [6.07, 6.45) is 8.57. The number of fused-ring (bicyclic) bond motifs is 1. The minimum atomic E-state index is -0.0246. The molecule has 20 heavy (non-hydrogen) atoms. The monoisotopic (exact) mass is 283 g/mol. The number of nitrogens with zero attached hydrogens (tertiary/aromatic N) is 3. The molecule has 100 valence electrons. The number of rotatable bonds is 2. The average Bonchev–Trinajstić information content (AvgIpc) is 2.53. The molecule has 0 N–H and O–H groups in total. The predicted octanol–water partition coefficient (Wildman–Crippen LogP) is 2.63. The van der Waals surface area contributed by atoms with Crippen molar-refractivity contribution in [1.82, 2.24) is 9.97 Å². The highest BCUT2D eigenvalue weighted by Crippen LogP contribution is 2.32. The predicted molar refractivity (Wildman–Crippen MR) is 80.6 cm³/mol. The molecule has 2 aromatic heterocycles. The van der Waals surface area contributed by atoms with Gasteiger partial charge < -0.3 is 4.90 Å². The SMILES string of the molecule is O=C(/C=C\c1cccnc1)N1CCSc2ncccc21. The third kappa shape index (κ3) is 2.72. The Hall–Kier alpha value is -2.14. The van der Waals surface area contributed by atoms with Gasteiger partial charge in [-0.1, -0.05) is 6.07 Å². The fraction of sp³-hybridized carbons (Fsp3) is 0.133. The first kappa shape index (κ1) is 12.9. The van der Waals surface area contributed by atoms with Crippen molar-refractivity contribution in [1.29, 1.82) is 0 Å². The van der Waals surface area contributed by atoms with Gasteiger partial charge in [-0.05, 0) is 29.8 Å². The molecule has 0 aliphatic carbocycles. The Morgan fingerprint density at radius 2 is 2.20 bits per heavy atom. The highest BCUT2D eigenvalue weighted by Gasteiger charge is 2.21. The molecule has 0 atom stereocenters. The zero-order chi connectivity index (χ0) is 13.8. The largest absolute Gasteiger partial charge is 0.305 e. The van der Waals surface area contributed by atoms with Crippen molar-refractivity contribution in [3.8, 4) is 0 Å². The van der Waals surface area contributed by atoms with Crippen molar-refractivity contribution in [2.45, 2.75) is 5.03 Å². The molecule has 0 radical (unpaired) electrons. The van der Waals surface area contributed by atoms with E-state index >= 15 is 0 Å². The summed E-state index contributed by atoms with van der Waals surface area (Å²) in [6.45, 7) is 0.708. The number of carbonyl (C=O) groups excluding carboxylic acids is 1. The van der Waals surface area contributed by atoms with Crippen LogP contribution in [0, 0.1) is 0 Å². The van der Waals surface area contributed by atoms with Gasteiger partial charge in [0.05, 0.1) is 5.69 Å². The van der Waals surface area contributed by atoms with Gasteiger partial charge in [-0.2, -0.15) is 0 Å². The van der Waals surface area contributed by atoms with Crippen LogP contribution in [0.25, 0.3) is 6.08 Å². The number of hydrogen-bond acceptors (Lipinski definition) is 4. The molecule has 2 aromatic rings. The summed E-state index contributed by atoms with van der Waals surface area (Å²) in [5.74, 6) is 0.847. The second-order valence-corrected chi connectivity index (χ2v) is 5.37. The van der Waals surface area contributed by atoms with Crippen molar-refractivity contribution in [2.24, 2.45) is 0 Å². The van der Waals surface area contributed by atoms with Gasteiger partial charge in [-0.3, -0.25) is 9.78 Å². The fourth-order valence-corrected chi connectivity index (χ4v) is 2.94. The lowest BCUT2D eigenvalue weighted by Gasteiger charge is -2.27. The Kier molecular flexibility index (Phi) is 3.78. The Morgan fingerprint density at radius 1 is 1.30 bits per heavy atom. The van der Waals surface area contributed by atoms with E-state index in [9.17, 15) is 4.79 Å².